The highest BCUT2D eigenvalue weighted by molar-refractivity contribution is 5.83. The Morgan fingerprint density at radius 1 is 0.559 bits per heavy atom. The molecule has 4 amide bonds. The molecular formula is C46H59N5O8. The molecule has 59 heavy (non-hydrogen) atoms. The molecular weight excluding hydrogens is 751 g/mol. The van der Waals surface area contributed by atoms with E-state index in [1.807, 2.05) is 121 Å². The summed E-state index contributed by atoms with van der Waals surface area (Å²) in [5.74, 6) is -1.52. The second-order valence-electron chi connectivity index (χ2n) is 15.2. The number of carbonyl (C=O) groups is 5. The van der Waals surface area contributed by atoms with Crippen LogP contribution in [-0.4, -0.2) is 66.8 Å². The number of amides is 4. The summed E-state index contributed by atoms with van der Waals surface area (Å²) >= 11 is 0. The van der Waals surface area contributed by atoms with Gasteiger partial charge in [0, 0.05) is 19.0 Å². The summed E-state index contributed by atoms with van der Waals surface area (Å²) < 4.78 is 15.9. The molecule has 4 aromatic carbocycles. The topological polar surface area (TPSA) is 187 Å². The standard InChI is InChI=1S/C26H34N2O5.C20H25N3O3/c1-19(15-23(29)33-26(2,3)4)24(30)27-17-22(16-20-11-7-5-8-12-20)28-25(31)32-18-21-13-9-6-10-14-21;1-15(21)19(24)22-13-18(12-16-8-4-2-5-9-16)23-20(25)26-14-17-10-6-3-7-11-17/h5-14,19,22H,15-18H2,1-4H3,(H,27,30)(H,28,31);2-11,15,18H,12-14,21H2,1H3,(H,22,24)(H,23,25)/t19-,22-;15-,18-/m01/s1. The maximum atomic E-state index is 12.5. The number of rotatable bonds is 18. The zero-order valence-electron chi connectivity index (χ0n) is 34.6. The van der Waals surface area contributed by atoms with E-state index in [0.29, 0.717) is 12.8 Å². The zero-order chi connectivity index (χ0) is 43.0. The second kappa shape index (κ2) is 25.2. The van der Waals surface area contributed by atoms with Gasteiger partial charge >= 0.3 is 18.2 Å². The molecule has 0 radical (unpaired) electrons. The Hall–Kier alpha value is -6.21. The maximum absolute atomic E-state index is 12.5. The van der Waals surface area contributed by atoms with Crippen molar-refractivity contribution in [2.45, 2.75) is 90.8 Å². The van der Waals surface area contributed by atoms with E-state index in [9.17, 15) is 24.0 Å². The van der Waals surface area contributed by atoms with Gasteiger partial charge in [0.2, 0.25) is 11.8 Å². The van der Waals surface area contributed by atoms with Crippen LogP contribution in [0.25, 0.3) is 0 Å². The average molecular weight is 810 g/mol. The first-order valence-electron chi connectivity index (χ1n) is 19.7. The summed E-state index contributed by atoms with van der Waals surface area (Å²) in [7, 11) is 0. The van der Waals surface area contributed by atoms with E-state index < -0.39 is 35.7 Å². The predicted octanol–water partition coefficient (Wildman–Crippen LogP) is 6.00. The fourth-order valence-corrected chi connectivity index (χ4v) is 5.52. The lowest BCUT2D eigenvalue weighted by Crippen LogP contribution is -2.48. The summed E-state index contributed by atoms with van der Waals surface area (Å²) in [5, 5.41) is 11.2. The highest BCUT2D eigenvalue weighted by atomic mass is 16.6. The summed E-state index contributed by atoms with van der Waals surface area (Å²) in [6.45, 7) is 9.46. The van der Waals surface area contributed by atoms with Crippen molar-refractivity contribution >= 4 is 30.0 Å². The molecule has 6 N–H and O–H groups in total. The van der Waals surface area contributed by atoms with Crippen LogP contribution in [0.4, 0.5) is 9.59 Å². The van der Waals surface area contributed by atoms with Gasteiger partial charge in [-0.2, -0.15) is 0 Å². The third-order valence-corrected chi connectivity index (χ3v) is 8.52. The lowest BCUT2D eigenvalue weighted by molar-refractivity contribution is -0.157. The Morgan fingerprint density at radius 2 is 0.915 bits per heavy atom. The van der Waals surface area contributed by atoms with Crippen LogP contribution in [0.2, 0.25) is 0 Å². The quantitative estimate of drug-likeness (QED) is 0.0594. The van der Waals surface area contributed by atoms with E-state index in [4.69, 9.17) is 19.9 Å². The molecule has 0 aliphatic carbocycles. The smallest absolute Gasteiger partial charge is 0.407 e. The minimum absolute atomic E-state index is 0.0149. The number of hydrogen-bond acceptors (Lipinski definition) is 9. The molecule has 0 aliphatic rings. The van der Waals surface area contributed by atoms with Crippen LogP contribution < -0.4 is 27.0 Å². The highest BCUT2D eigenvalue weighted by Gasteiger charge is 2.23. The van der Waals surface area contributed by atoms with Gasteiger partial charge in [0.15, 0.2) is 0 Å². The molecule has 4 rings (SSSR count). The van der Waals surface area contributed by atoms with Crippen molar-refractivity contribution in [2.24, 2.45) is 11.7 Å². The van der Waals surface area contributed by atoms with Gasteiger partial charge in [0.05, 0.1) is 24.5 Å². The molecule has 0 spiro atoms. The van der Waals surface area contributed by atoms with Gasteiger partial charge in [-0.15, -0.1) is 0 Å². The minimum Gasteiger partial charge on any atom is -0.460 e. The van der Waals surface area contributed by atoms with Crippen molar-refractivity contribution in [1.29, 1.82) is 0 Å². The maximum Gasteiger partial charge on any atom is 0.407 e. The molecule has 0 aliphatic heterocycles. The first kappa shape index (κ1) is 47.2. The van der Waals surface area contributed by atoms with Gasteiger partial charge in [-0.05, 0) is 62.8 Å². The van der Waals surface area contributed by atoms with Crippen LogP contribution in [0, 0.1) is 5.92 Å². The van der Waals surface area contributed by atoms with E-state index in [0.717, 1.165) is 22.3 Å². The van der Waals surface area contributed by atoms with Crippen LogP contribution in [-0.2, 0) is 54.6 Å². The van der Waals surface area contributed by atoms with Gasteiger partial charge in [-0.3, -0.25) is 14.4 Å². The van der Waals surface area contributed by atoms with Crippen LogP contribution in [0.15, 0.2) is 121 Å². The molecule has 0 saturated carbocycles. The van der Waals surface area contributed by atoms with Crippen LogP contribution >= 0.6 is 0 Å². The fourth-order valence-electron chi connectivity index (χ4n) is 5.52. The van der Waals surface area contributed by atoms with Gasteiger partial charge in [0.25, 0.3) is 0 Å². The number of nitrogens with one attached hydrogen (secondary N) is 4. The van der Waals surface area contributed by atoms with Crippen LogP contribution in [0.1, 0.15) is 63.3 Å². The van der Waals surface area contributed by atoms with Crippen molar-refractivity contribution in [3.63, 3.8) is 0 Å². The average Bonchev–Trinajstić information content (AvgIpc) is 3.21. The van der Waals surface area contributed by atoms with Crippen LogP contribution in [0.3, 0.4) is 0 Å². The third-order valence-electron chi connectivity index (χ3n) is 8.52. The van der Waals surface area contributed by atoms with Gasteiger partial charge in [0.1, 0.15) is 18.8 Å². The third kappa shape index (κ3) is 20.7. The minimum atomic E-state index is -0.600. The molecule has 0 saturated heterocycles. The molecule has 316 valence electrons. The monoisotopic (exact) mass is 809 g/mol. The molecule has 4 aromatic rings. The Kier molecular flexibility index (Phi) is 20.2. The molecule has 0 unspecified atom stereocenters. The van der Waals surface area contributed by atoms with E-state index >= 15 is 0 Å². The highest BCUT2D eigenvalue weighted by Crippen LogP contribution is 2.12. The fraction of sp³-hybridized carbons (Fsp3) is 0.370. The number of esters is 1. The number of ether oxygens (including phenoxy) is 3. The lowest BCUT2D eigenvalue weighted by Gasteiger charge is -2.22. The van der Waals surface area contributed by atoms with Gasteiger partial charge in [-0.25, -0.2) is 9.59 Å². The summed E-state index contributed by atoms with van der Waals surface area (Å²) in [5.41, 5.74) is 8.83. The van der Waals surface area contributed by atoms with E-state index in [1.54, 1.807) is 34.6 Å². The van der Waals surface area contributed by atoms with Gasteiger partial charge < -0.3 is 41.2 Å². The van der Waals surface area contributed by atoms with Crippen molar-refractivity contribution in [3.05, 3.63) is 144 Å². The summed E-state index contributed by atoms with van der Waals surface area (Å²) in [4.78, 5) is 60.8. The lowest BCUT2D eigenvalue weighted by atomic mass is 10.0. The van der Waals surface area contributed by atoms with Gasteiger partial charge in [-0.1, -0.05) is 128 Å². The van der Waals surface area contributed by atoms with Crippen molar-refractivity contribution < 1.29 is 38.2 Å². The first-order valence-corrected chi connectivity index (χ1v) is 19.7. The normalized spacial score (nSPS) is 12.8. The molecule has 0 aromatic heterocycles. The second-order valence-corrected chi connectivity index (χ2v) is 15.2. The summed E-state index contributed by atoms with van der Waals surface area (Å²) in [6, 6.07) is 37.0. The molecule has 0 fully saturated rings. The van der Waals surface area contributed by atoms with Crippen LogP contribution in [0.5, 0.6) is 0 Å². The largest absolute Gasteiger partial charge is 0.460 e. The Morgan fingerprint density at radius 3 is 1.27 bits per heavy atom. The number of alkyl carbamates (subject to hydrolysis) is 2. The molecule has 13 heteroatoms. The number of hydrogen-bond donors (Lipinski definition) is 5. The predicted molar refractivity (Wildman–Crippen MR) is 227 cm³/mol. The molecule has 0 heterocycles. The molecule has 4 atom stereocenters. The summed E-state index contributed by atoms with van der Waals surface area (Å²) in [6.07, 6.45) is -0.0118. The molecule has 0 bridgehead atoms. The van der Waals surface area contributed by atoms with Crippen molar-refractivity contribution in [2.75, 3.05) is 13.1 Å². The number of carbonyl (C=O) groups excluding carboxylic acids is 5. The zero-order valence-corrected chi connectivity index (χ0v) is 34.6. The Balaban J connectivity index is 0.000000324. The van der Waals surface area contributed by atoms with E-state index in [1.165, 1.54) is 0 Å². The SMILES string of the molecule is C[C@@H](CC(=O)OC(C)(C)C)C(=O)NC[C@H](Cc1ccccc1)NC(=O)OCc1ccccc1.C[C@@H](N)C(=O)NC[C@@H](Cc1ccccc1)NC(=O)OCc1ccccc1. The Labute approximate surface area is 347 Å². The number of benzene rings is 4. The van der Waals surface area contributed by atoms with E-state index in [-0.39, 0.29) is 56.6 Å². The number of nitrogens with two attached hydrogens (primary N) is 1. The first-order chi connectivity index (χ1) is 28.2. The Bertz CT molecular complexity index is 1860. The van der Waals surface area contributed by atoms with Crippen molar-refractivity contribution in [3.8, 4) is 0 Å². The van der Waals surface area contributed by atoms with E-state index in [2.05, 4.69) is 21.3 Å². The molecule has 13 nitrogen and oxygen atoms in total. The van der Waals surface area contributed by atoms with Crippen molar-refractivity contribution in [1.82, 2.24) is 21.3 Å².